The van der Waals surface area contributed by atoms with E-state index in [2.05, 4.69) is 34.9 Å². The van der Waals surface area contributed by atoms with Gasteiger partial charge in [0.15, 0.2) is 0 Å². The Bertz CT molecular complexity index is 929. The molecule has 2 aromatic carbocycles. The van der Waals surface area contributed by atoms with Crippen LogP contribution in [0.2, 0.25) is 0 Å². The first kappa shape index (κ1) is 23.3. The fraction of sp³-hybridized carbons (Fsp3) is 0.400. The van der Waals surface area contributed by atoms with Crippen LogP contribution < -0.4 is 10.6 Å². The number of carboxylic acid groups (broad SMARTS) is 1. The van der Waals surface area contributed by atoms with E-state index in [0.717, 1.165) is 11.1 Å². The molecule has 0 fully saturated rings. The minimum absolute atomic E-state index is 0.0148. The number of aliphatic carboxylic acids is 1. The molecule has 170 valence electrons. The highest BCUT2D eigenvalue weighted by atomic mass is 16.5. The normalized spacial score (nSPS) is 14.1. The van der Waals surface area contributed by atoms with Crippen molar-refractivity contribution in [2.24, 2.45) is 5.92 Å². The van der Waals surface area contributed by atoms with Gasteiger partial charge < -0.3 is 20.5 Å². The fourth-order valence-electron chi connectivity index (χ4n) is 4.00. The third-order valence-corrected chi connectivity index (χ3v) is 5.70. The molecule has 0 spiro atoms. The van der Waals surface area contributed by atoms with Crippen molar-refractivity contribution in [2.45, 2.75) is 45.1 Å². The summed E-state index contributed by atoms with van der Waals surface area (Å²) in [5.41, 5.74) is 4.62. The molecule has 0 heterocycles. The first-order valence-electron chi connectivity index (χ1n) is 10.9. The van der Waals surface area contributed by atoms with E-state index in [1.807, 2.05) is 31.2 Å². The second-order valence-electron chi connectivity index (χ2n) is 8.42. The van der Waals surface area contributed by atoms with Crippen molar-refractivity contribution in [3.8, 4) is 11.1 Å². The zero-order chi connectivity index (χ0) is 23.1. The van der Waals surface area contributed by atoms with Crippen LogP contribution >= 0.6 is 0 Å². The Morgan fingerprint density at radius 2 is 1.59 bits per heavy atom. The molecule has 2 unspecified atom stereocenters. The summed E-state index contributed by atoms with van der Waals surface area (Å²) in [5, 5.41) is 14.2. The highest BCUT2D eigenvalue weighted by molar-refractivity contribution is 5.79. The van der Waals surface area contributed by atoms with Crippen LogP contribution in [-0.4, -0.2) is 42.3 Å². The molecule has 0 radical (unpaired) electrons. The molecule has 1 aliphatic rings. The Labute approximate surface area is 188 Å². The van der Waals surface area contributed by atoms with Gasteiger partial charge in [-0.2, -0.15) is 0 Å². The molecule has 7 heteroatoms. The molecule has 0 aliphatic heterocycles. The number of carbonyl (C=O) groups excluding carboxylic acids is 2. The fourth-order valence-corrected chi connectivity index (χ4v) is 4.00. The van der Waals surface area contributed by atoms with Crippen molar-refractivity contribution in [1.29, 1.82) is 0 Å². The van der Waals surface area contributed by atoms with Crippen LogP contribution in [0.5, 0.6) is 0 Å². The van der Waals surface area contributed by atoms with E-state index in [-0.39, 0.29) is 43.2 Å². The lowest BCUT2D eigenvalue weighted by molar-refractivity contribution is -0.137. The molecule has 0 saturated carbocycles. The highest BCUT2D eigenvalue weighted by Crippen LogP contribution is 2.44. The number of hydrogen-bond donors (Lipinski definition) is 3. The van der Waals surface area contributed by atoms with Crippen molar-refractivity contribution in [3.05, 3.63) is 59.7 Å². The first-order valence-corrected chi connectivity index (χ1v) is 10.9. The zero-order valence-electron chi connectivity index (χ0n) is 18.5. The van der Waals surface area contributed by atoms with Crippen LogP contribution in [0.4, 0.5) is 4.79 Å². The Morgan fingerprint density at radius 3 is 2.19 bits per heavy atom. The molecule has 2 amide bonds. The third-order valence-electron chi connectivity index (χ3n) is 5.70. The molecule has 32 heavy (non-hydrogen) atoms. The number of nitrogens with one attached hydrogen (secondary N) is 2. The maximum absolute atomic E-state index is 12.3. The van der Waals surface area contributed by atoms with E-state index in [1.165, 1.54) is 11.1 Å². The Balaban J connectivity index is 1.44. The number of carboxylic acids is 1. The van der Waals surface area contributed by atoms with Gasteiger partial charge in [0.2, 0.25) is 5.91 Å². The van der Waals surface area contributed by atoms with Crippen LogP contribution in [-0.2, 0) is 14.3 Å². The summed E-state index contributed by atoms with van der Waals surface area (Å²) in [6, 6.07) is 15.9. The predicted molar refractivity (Wildman–Crippen MR) is 121 cm³/mol. The Kier molecular flexibility index (Phi) is 7.87. The van der Waals surface area contributed by atoms with E-state index in [0.29, 0.717) is 13.0 Å². The summed E-state index contributed by atoms with van der Waals surface area (Å²) < 4.78 is 5.51. The molecule has 7 nitrogen and oxygen atoms in total. The van der Waals surface area contributed by atoms with Gasteiger partial charge in [0.05, 0.1) is 0 Å². The summed E-state index contributed by atoms with van der Waals surface area (Å²) in [6.07, 6.45) is 0.150. The molecule has 3 rings (SSSR count). The summed E-state index contributed by atoms with van der Waals surface area (Å²) in [4.78, 5) is 35.0. The van der Waals surface area contributed by atoms with Gasteiger partial charge in [-0.05, 0) is 41.5 Å². The van der Waals surface area contributed by atoms with Crippen molar-refractivity contribution >= 4 is 18.0 Å². The lowest BCUT2D eigenvalue weighted by Gasteiger charge is -2.17. The summed E-state index contributed by atoms with van der Waals surface area (Å²) >= 11 is 0. The van der Waals surface area contributed by atoms with E-state index >= 15 is 0 Å². The zero-order valence-corrected chi connectivity index (χ0v) is 18.5. The average molecular weight is 439 g/mol. The Morgan fingerprint density at radius 1 is 1.00 bits per heavy atom. The molecular weight excluding hydrogens is 408 g/mol. The summed E-state index contributed by atoms with van der Waals surface area (Å²) in [6.45, 7) is 4.26. The number of rotatable bonds is 10. The lowest BCUT2D eigenvalue weighted by atomic mass is 9.98. The van der Waals surface area contributed by atoms with Gasteiger partial charge in [0.1, 0.15) is 6.61 Å². The number of benzene rings is 2. The highest BCUT2D eigenvalue weighted by Gasteiger charge is 2.29. The monoisotopic (exact) mass is 438 g/mol. The predicted octanol–water partition coefficient (Wildman–Crippen LogP) is 3.92. The molecule has 3 N–H and O–H groups in total. The molecule has 1 aliphatic carbocycles. The number of fused-ring (bicyclic) bond motifs is 3. The molecule has 2 aromatic rings. The lowest BCUT2D eigenvalue weighted by Crippen LogP contribution is -2.39. The molecule has 0 bridgehead atoms. The van der Waals surface area contributed by atoms with Gasteiger partial charge in [-0.3, -0.25) is 9.59 Å². The van der Waals surface area contributed by atoms with Crippen molar-refractivity contribution in [1.82, 2.24) is 10.6 Å². The van der Waals surface area contributed by atoms with E-state index in [9.17, 15) is 14.4 Å². The van der Waals surface area contributed by atoms with Gasteiger partial charge in [-0.25, -0.2) is 4.79 Å². The number of hydrogen-bond acceptors (Lipinski definition) is 4. The van der Waals surface area contributed by atoms with Gasteiger partial charge in [0, 0.05) is 31.3 Å². The second-order valence-corrected chi connectivity index (χ2v) is 8.42. The minimum Gasteiger partial charge on any atom is -0.481 e. The number of alkyl carbamates (subject to hydrolysis) is 1. The van der Waals surface area contributed by atoms with Gasteiger partial charge in [-0.15, -0.1) is 0 Å². The largest absolute Gasteiger partial charge is 0.481 e. The van der Waals surface area contributed by atoms with Crippen molar-refractivity contribution in [3.63, 3.8) is 0 Å². The first-order chi connectivity index (χ1) is 15.3. The van der Waals surface area contributed by atoms with Gasteiger partial charge in [0.25, 0.3) is 0 Å². The smallest absolute Gasteiger partial charge is 0.407 e. The van der Waals surface area contributed by atoms with Crippen LogP contribution in [0.15, 0.2) is 48.5 Å². The summed E-state index contributed by atoms with van der Waals surface area (Å²) in [7, 11) is 0. The maximum atomic E-state index is 12.3. The van der Waals surface area contributed by atoms with Crippen molar-refractivity contribution in [2.75, 3.05) is 13.2 Å². The van der Waals surface area contributed by atoms with Crippen molar-refractivity contribution < 1.29 is 24.2 Å². The molecular formula is C25H30N2O5. The number of amides is 2. The van der Waals surface area contributed by atoms with Gasteiger partial charge in [-0.1, -0.05) is 55.5 Å². The second kappa shape index (κ2) is 10.8. The van der Waals surface area contributed by atoms with Crippen LogP contribution in [0.3, 0.4) is 0 Å². The minimum atomic E-state index is -0.843. The quantitative estimate of drug-likeness (QED) is 0.521. The third kappa shape index (κ3) is 6.09. The van der Waals surface area contributed by atoms with E-state index in [4.69, 9.17) is 9.84 Å². The summed E-state index contributed by atoms with van der Waals surface area (Å²) in [5.74, 6) is -0.984. The van der Waals surface area contributed by atoms with Crippen LogP contribution in [0.1, 0.15) is 50.2 Å². The molecule has 0 saturated heterocycles. The van der Waals surface area contributed by atoms with E-state index < -0.39 is 12.1 Å². The van der Waals surface area contributed by atoms with Gasteiger partial charge >= 0.3 is 12.1 Å². The van der Waals surface area contributed by atoms with Crippen LogP contribution in [0.25, 0.3) is 11.1 Å². The van der Waals surface area contributed by atoms with E-state index in [1.54, 1.807) is 6.92 Å². The number of ether oxygens (including phenoxy) is 1. The topological polar surface area (TPSA) is 105 Å². The SMILES string of the molecule is CC(CCC(=O)O)CNC(=O)CC(C)NC(=O)OCC1c2ccccc2-c2ccccc21. The maximum Gasteiger partial charge on any atom is 0.407 e. The molecule has 0 aromatic heterocycles. The number of carbonyl (C=O) groups is 3. The Hall–Kier alpha value is -3.35. The average Bonchev–Trinajstić information content (AvgIpc) is 3.08. The van der Waals surface area contributed by atoms with Crippen LogP contribution in [0, 0.1) is 5.92 Å². The molecule has 2 atom stereocenters. The standard InChI is InChI=1S/C25H30N2O5/c1-16(11-12-24(29)30)14-26-23(28)13-17(2)27-25(31)32-15-22-20-9-5-3-7-18(20)19-8-4-6-10-21(19)22/h3-10,16-17,22H,11-15H2,1-2H3,(H,26,28)(H,27,31)(H,29,30).